The lowest BCUT2D eigenvalue weighted by atomic mass is 9.76. The van der Waals surface area contributed by atoms with Crippen molar-refractivity contribution in [1.29, 1.82) is 0 Å². The van der Waals surface area contributed by atoms with E-state index < -0.39 is 17.4 Å². The van der Waals surface area contributed by atoms with Gasteiger partial charge in [0.25, 0.3) is 0 Å². The van der Waals surface area contributed by atoms with Gasteiger partial charge in [0.05, 0.1) is 37.0 Å². The van der Waals surface area contributed by atoms with Gasteiger partial charge in [0.2, 0.25) is 11.8 Å². The fraction of sp³-hybridized carbons (Fsp3) is 0.391. The van der Waals surface area contributed by atoms with Crippen LogP contribution in [0.1, 0.15) is 11.1 Å². The predicted molar refractivity (Wildman–Crippen MR) is 108 cm³/mol. The van der Waals surface area contributed by atoms with Gasteiger partial charge in [-0.2, -0.15) is 0 Å². The van der Waals surface area contributed by atoms with E-state index in [-0.39, 0.29) is 24.5 Å². The maximum atomic E-state index is 13.4. The third-order valence-corrected chi connectivity index (χ3v) is 6.41. The van der Waals surface area contributed by atoms with Crippen LogP contribution in [-0.4, -0.2) is 53.7 Å². The number of furan rings is 1. The van der Waals surface area contributed by atoms with E-state index >= 15 is 0 Å². The van der Waals surface area contributed by atoms with E-state index in [9.17, 15) is 9.59 Å². The van der Waals surface area contributed by atoms with Crippen LogP contribution in [0.5, 0.6) is 0 Å². The summed E-state index contributed by atoms with van der Waals surface area (Å²) in [5.74, 6) is -1.22. The molecule has 5 rings (SSSR count). The molecular weight excluding hydrogens is 384 g/mol. The molecule has 7 heteroatoms. The minimum atomic E-state index is -0.748. The van der Waals surface area contributed by atoms with E-state index in [1.807, 2.05) is 42.5 Å². The molecule has 2 aromatic rings. The molecule has 3 aliphatic heterocycles. The summed E-state index contributed by atoms with van der Waals surface area (Å²) >= 11 is 0. The number of hydrogen-bond donors (Lipinski definition) is 1. The quantitative estimate of drug-likeness (QED) is 0.737. The molecule has 2 bridgehead atoms. The van der Waals surface area contributed by atoms with E-state index in [2.05, 4.69) is 0 Å². The zero-order valence-corrected chi connectivity index (χ0v) is 16.7. The molecule has 4 heterocycles. The Kier molecular flexibility index (Phi) is 4.52. The summed E-state index contributed by atoms with van der Waals surface area (Å²) in [6.45, 7) is 0.910. The van der Waals surface area contributed by atoms with E-state index in [0.29, 0.717) is 19.5 Å². The van der Waals surface area contributed by atoms with Crippen LogP contribution in [-0.2, 0) is 27.3 Å². The molecule has 2 amide bonds. The number of carbonyl (C=O) groups excluding carboxylic acids is 2. The van der Waals surface area contributed by atoms with Crippen LogP contribution in [0.25, 0.3) is 0 Å². The van der Waals surface area contributed by atoms with Crippen LogP contribution < -0.4 is 4.90 Å². The van der Waals surface area contributed by atoms with Crippen LogP contribution in [0, 0.1) is 11.8 Å². The molecule has 1 N–H and O–H groups in total. The molecule has 7 nitrogen and oxygen atoms in total. The van der Waals surface area contributed by atoms with Gasteiger partial charge in [0, 0.05) is 31.5 Å². The molecule has 156 valence electrons. The number of aliphatic hydroxyl groups excluding tert-OH is 1. The Bertz CT molecular complexity index is 984. The number of nitrogens with zero attached hydrogens (tertiary/aromatic N) is 2. The average molecular weight is 408 g/mol. The Labute approximate surface area is 174 Å². The molecule has 0 radical (unpaired) electrons. The summed E-state index contributed by atoms with van der Waals surface area (Å²) in [4.78, 5) is 30.1. The van der Waals surface area contributed by atoms with Gasteiger partial charge in [0.15, 0.2) is 0 Å². The van der Waals surface area contributed by atoms with Gasteiger partial charge in [-0.3, -0.25) is 9.59 Å². The van der Waals surface area contributed by atoms with Crippen LogP contribution in [0.4, 0.5) is 5.69 Å². The summed E-state index contributed by atoms with van der Waals surface area (Å²) in [7, 11) is 1.74. The maximum Gasteiger partial charge on any atom is 0.234 e. The molecule has 4 atom stereocenters. The maximum absolute atomic E-state index is 13.4. The lowest BCUT2D eigenvalue weighted by Crippen LogP contribution is -2.44. The Hall–Kier alpha value is -2.90. The number of benzene rings is 1. The largest absolute Gasteiger partial charge is 0.472 e. The molecule has 1 spiro atoms. The molecular formula is C23H24N2O5. The fourth-order valence-corrected chi connectivity index (χ4v) is 4.96. The number of hydrogen-bond acceptors (Lipinski definition) is 5. The highest BCUT2D eigenvalue weighted by Crippen LogP contribution is 2.53. The Balaban J connectivity index is 1.39. The van der Waals surface area contributed by atoms with Crippen LogP contribution >= 0.6 is 0 Å². The highest BCUT2D eigenvalue weighted by atomic mass is 16.5. The summed E-state index contributed by atoms with van der Waals surface area (Å²) in [5, 5.41) is 9.10. The van der Waals surface area contributed by atoms with Gasteiger partial charge < -0.3 is 24.1 Å². The SMILES string of the molecule is CN(Cc1ccoc1)C(=O)[C@H]1[C@@H]2C=C[C@@]3(CN(c4ccc(CCO)cc4)C(=O)[C@H]13)O2. The second-order valence-electron chi connectivity index (χ2n) is 8.29. The first-order chi connectivity index (χ1) is 14.5. The highest BCUT2D eigenvalue weighted by molar-refractivity contribution is 6.03. The van der Waals surface area contributed by atoms with Crippen LogP contribution in [0.15, 0.2) is 59.4 Å². The van der Waals surface area contributed by atoms with Crippen molar-refractivity contribution in [3.8, 4) is 0 Å². The number of amides is 2. The number of rotatable bonds is 6. The van der Waals surface area contributed by atoms with Crippen molar-refractivity contribution in [1.82, 2.24) is 4.90 Å². The van der Waals surface area contributed by atoms with E-state index in [0.717, 1.165) is 16.8 Å². The van der Waals surface area contributed by atoms with E-state index in [1.165, 1.54) is 0 Å². The predicted octanol–water partition coefficient (Wildman–Crippen LogP) is 1.76. The smallest absolute Gasteiger partial charge is 0.234 e. The molecule has 0 saturated carbocycles. The van der Waals surface area contributed by atoms with Crippen molar-refractivity contribution in [2.24, 2.45) is 11.8 Å². The number of aliphatic hydroxyl groups is 1. The molecule has 0 aliphatic carbocycles. The second kappa shape index (κ2) is 7.11. The van der Waals surface area contributed by atoms with Gasteiger partial charge >= 0.3 is 0 Å². The second-order valence-corrected chi connectivity index (χ2v) is 8.29. The standard InChI is InChI=1S/C23H24N2O5/c1-24(12-16-8-11-29-13-16)21(27)19-18-6-9-23(30-18)14-25(22(28)20(19)23)17-4-2-15(3-5-17)7-10-26/h2-6,8-9,11,13,18-20,26H,7,10,12,14H2,1H3/t18-,19-,20-,23-/m0/s1. The van der Waals surface area contributed by atoms with Crippen molar-refractivity contribution in [2.75, 3.05) is 25.1 Å². The van der Waals surface area contributed by atoms with Crippen molar-refractivity contribution in [2.45, 2.75) is 24.7 Å². The van der Waals surface area contributed by atoms with Crippen molar-refractivity contribution in [3.05, 3.63) is 66.1 Å². The molecule has 2 fully saturated rings. The van der Waals surface area contributed by atoms with Gasteiger partial charge in [-0.15, -0.1) is 0 Å². The third kappa shape index (κ3) is 2.88. The zero-order chi connectivity index (χ0) is 20.9. The Morgan fingerprint density at radius 1 is 1.27 bits per heavy atom. The first-order valence-electron chi connectivity index (χ1n) is 10.2. The highest BCUT2D eigenvalue weighted by Gasteiger charge is 2.67. The first-order valence-corrected chi connectivity index (χ1v) is 10.2. The number of anilines is 1. The van der Waals surface area contributed by atoms with Crippen molar-refractivity contribution < 1.29 is 23.8 Å². The Morgan fingerprint density at radius 2 is 2.07 bits per heavy atom. The molecule has 1 aromatic heterocycles. The summed E-state index contributed by atoms with van der Waals surface area (Å²) in [5.41, 5.74) is 1.95. The van der Waals surface area contributed by atoms with E-state index in [1.54, 1.807) is 29.4 Å². The normalized spacial score (nSPS) is 28.9. The monoisotopic (exact) mass is 408 g/mol. The lowest BCUT2D eigenvalue weighted by molar-refractivity contribution is -0.139. The topological polar surface area (TPSA) is 83.2 Å². The van der Waals surface area contributed by atoms with Gasteiger partial charge in [-0.25, -0.2) is 0 Å². The summed E-state index contributed by atoms with van der Waals surface area (Å²) in [6, 6.07) is 9.43. The van der Waals surface area contributed by atoms with Crippen LogP contribution in [0.3, 0.4) is 0 Å². The number of ether oxygens (including phenoxy) is 1. The van der Waals surface area contributed by atoms with Crippen molar-refractivity contribution >= 4 is 17.5 Å². The van der Waals surface area contributed by atoms with Gasteiger partial charge in [-0.05, 0) is 30.2 Å². The number of fused-ring (bicyclic) bond motifs is 1. The zero-order valence-electron chi connectivity index (χ0n) is 16.7. The first kappa shape index (κ1) is 19.1. The molecule has 0 unspecified atom stereocenters. The number of carbonyl (C=O) groups is 2. The Morgan fingerprint density at radius 3 is 2.77 bits per heavy atom. The van der Waals surface area contributed by atoms with Crippen LogP contribution in [0.2, 0.25) is 0 Å². The fourth-order valence-electron chi connectivity index (χ4n) is 4.96. The van der Waals surface area contributed by atoms with Crippen molar-refractivity contribution in [3.63, 3.8) is 0 Å². The van der Waals surface area contributed by atoms with Gasteiger partial charge in [-0.1, -0.05) is 24.3 Å². The minimum absolute atomic E-state index is 0.0770. The molecule has 30 heavy (non-hydrogen) atoms. The minimum Gasteiger partial charge on any atom is -0.472 e. The molecule has 3 aliphatic rings. The lowest BCUT2D eigenvalue weighted by Gasteiger charge is -2.27. The third-order valence-electron chi connectivity index (χ3n) is 6.41. The molecule has 2 saturated heterocycles. The van der Waals surface area contributed by atoms with E-state index in [4.69, 9.17) is 14.3 Å². The van der Waals surface area contributed by atoms with Gasteiger partial charge in [0.1, 0.15) is 5.60 Å². The molecule has 1 aromatic carbocycles. The summed E-state index contributed by atoms with van der Waals surface area (Å²) < 4.78 is 11.3. The average Bonchev–Trinajstić information content (AvgIpc) is 3.51. The summed E-state index contributed by atoms with van der Waals surface area (Å²) in [6.07, 6.45) is 7.29.